The van der Waals surface area contributed by atoms with Crippen LogP contribution in [0.5, 0.6) is 0 Å². The normalized spacial score (nSPS) is 11.5. The van der Waals surface area contributed by atoms with Crippen LogP contribution in [0.3, 0.4) is 0 Å². The predicted molar refractivity (Wildman–Crippen MR) is 78.0 cm³/mol. The van der Waals surface area contributed by atoms with Crippen molar-refractivity contribution in [3.8, 4) is 0 Å². The van der Waals surface area contributed by atoms with Gasteiger partial charge in [-0.05, 0) is 25.0 Å². The summed E-state index contributed by atoms with van der Waals surface area (Å²) in [5.74, 6) is 0.467. The summed E-state index contributed by atoms with van der Waals surface area (Å²) < 4.78 is 2.06. The summed E-state index contributed by atoms with van der Waals surface area (Å²) >= 11 is 0. The van der Waals surface area contributed by atoms with E-state index in [-0.39, 0.29) is 0 Å². The Hall–Kier alpha value is -2.30. The first-order chi connectivity index (χ1) is 9.34. The lowest BCUT2D eigenvalue weighted by Gasteiger charge is -2.05. The first-order valence-electron chi connectivity index (χ1n) is 6.42. The Balaban J connectivity index is 1.65. The average Bonchev–Trinajstić information content (AvgIpc) is 2.92. The highest BCUT2D eigenvalue weighted by Gasteiger charge is 1.94. The fourth-order valence-electron chi connectivity index (χ4n) is 1.73. The van der Waals surface area contributed by atoms with Gasteiger partial charge in [-0.1, -0.05) is 18.2 Å². The van der Waals surface area contributed by atoms with E-state index in [1.165, 1.54) is 0 Å². The van der Waals surface area contributed by atoms with Crippen molar-refractivity contribution in [2.75, 3.05) is 11.9 Å². The van der Waals surface area contributed by atoms with Gasteiger partial charge < -0.3 is 15.6 Å². The summed E-state index contributed by atoms with van der Waals surface area (Å²) in [7, 11) is 0. The molecule has 0 fully saturated rings. The molecule has 3 N–H and O–H groups in total. The largest absolute Gasteiger partial charge is 0.370 e. The Kier molecular flexibility index (Phi) is 4.98. The van der Waals surface area contributed by atoms with Crippen molar-refractivity contribution in [2.45, 2.75) is 19.4 Å². The van der Waals surface area contributed by atoms with Gasteiger partial charge in [0.05, 0.1) is 6.33 Å². The third-order valence-corrected chi connectivity index (χ3v) is 2.71. The number of nitrogens with two attached hydrogens (primary N) is 1. The predicted octanol–water partition coefficient (Wildman–Crippen LogP) is 2.09. The highest BCUT2D eigenvalue weighted by molar-refractivity contribution is 5.92. The number of aryl methyl sites for hydroxylation is 1. The van der Waals surface area contributed by atoms with Crippen LogP contribution < -0.4 is 11.1 Å². The highest BCUT2D eigenvalue weighted by atomic mass is 15.1. The molecule has 0 atom stereocenters. The number of nitrogens with zero attached hydrogens (tertiary/aromatic N) is 3. The molecule has 0 aliphatic rings. The molecule has 0 saturated heterocycles. The van der Waals surface area contributed by atoms with E-state index >= 15 is 0 Å². The molecule has 0 aliphatic heterocycles. The fourth-order valence-corrected chi connectivity index (χ4v) is 1.73. The van der Waals surface area contributed by atoms with Crippen LogP contribution in [0.15, 0.2) is 54.0 Å². The first kappa shape index (κ1) is 13.1. The van der Waals surface area contributed by atoms with Gasteiger partial charge in [-0.15, -0.1) is 0 Å². The molecule has 2 rings (SSSR count). The molecule has 0 bridgehead atoms. The smallest absolute Gasteiger partial charge is 0.193 e. The number of aliphatic imine (C=N–C) groups is 1. The number of guanidine groups is 1. The second-order valence-corrected chi connectivity index (χ2v) is 4.27. The number of hydrogen-bond donors (Lipinski definition) is 2. The van der Waals surface area contributed by atoms with Crippen LogP contribution in [-0.2, 0) is 6.54 Å². The maximum Gasteiger partial charge on any atom is 0.193 e. The zero-order valence-electron chi connectivity index (χ0n) is 10.9. The van der Waals surface area contributed by atoms with Crippen molar-refractivity contribution < 1.29 is 0 Å². The minimum absolute atomic E-state index is 0.467. The molecule has 5 heteroatoms. The van der Waals surface area contributed by atoms with E-state index in [1.807, 2.05) is 42.9 Å². The average molecular weight is 257 g/mol. The van der Waals surface area contributed by atoms with Gasteiger partial charge in [0.15, 0.2) is 5.96 Å². The molecular formula is C14H19N5. The van der Waals surface area contributed by atoms with Gasteiger partial charge in [-0.3, -0.25) is 4.99 Å². The molecule has 2 aromatic rings. The van der Waals surface area contributed by atoms with Crippen LogP contribution in [0.2, 0.25) is 0 Å². The van der Waals surface area contributed by atoms with E-state index in [0.717, 1.165) is 31.6 Å². The van der Waals surface area contributed by atoms with Gasteiger partial charge >= 0.3 is 0 Å². The molecule has 0 unspecified atom stereocenters. The summed E-state index contributed by atoms with van der Waals surface area (Å²) in [6.07, 6.45) is 7.66. The Morgan fingerprint density at radius 2 is 2.11 bits per heavy atom. The van der Waals surface area contributed by atoms with Gasteiger partial charge in [0.2, 0.25) is 0 Å². The summed E-state index contributed by atoms with van der Waals surface area (Å²) in [4.78, 5) is 8.30. The molecule has 0 aliphatic carbocycles. The fraction of sp³-hybridized carbons (Fsp3) is 0.286. The molecule has 0 spiro atoms. The number of benzene rings is 1. The van der Waals surface area contributed by atoms with Crippen molar-refractivity contribution in [1.82, 2.24) is 9.55 Å². The van der Waals surface area contributed by atoms with Gasteiger partial charge in [0, 0.05) is 31.2 Å². The quantitative estimate of drug-likeness (QED) is 0.473. The second kappa shape index (κ2) is 7.20. The molecule has 1 aromatic heterocycles. The van der Waals surface area contributed by atoms with Gasteiger partial charge in [-0.25, -0.2) is 4.98 Å². The van der Waals surface area contributed by atoms with E-state index in [4.69, 9.17) is 5.73 Å². The number of anilines is 1. The van der Waals surface area contributed by atoms with Gasteiger partial charge in [0.25, 0.3) is 0 Å². The van der Waals surface area contributed by atoms with Crippen molar-refractivity contribution in [3.05, 3.63) is 49.1 Å². The molecule has 100 valence electrons. The molecule has 0 saturated carbocycles. The standard InChI is InChI=1S/C14H19N5/c15-14(18-13-6-2-1-3-7-13)17-8-4-5-10-19-11-9-16-12-19/h1-3,6-7,9,11-12H,4-5,8,10H2,(H3,15,17,18). The van der Waals surface area contributed by atoms with E-state index in [2.05, 4.69) is 19.9 Å². The molecule has 1 heterocycles. The summed E-state index contributed by atoms with van der Waals surface area (Å²) in [6, 6.07) is 9.80. The molecule has 19 heavy (non-hydrogen) atoms. The topological polar surface area (TPSA) is 68.2 Å². The minimum atomic E-state index is 0.467. The van der Waals surface area contributed by atoms with Crippen LogP contribution in [0.4, 0.5) is 5.69 Å². The van der Waals surface area contributed by atoms with Crippen molar-refractivity contribution >= 4 is 11.6 Å². The monoisotopic (exact) mass is 257 g/mol. The zero-order chi connectivity index (χ0) is 13.3. The second-order valence-electron chi connectivity index (χ2n) is 4.27. The number of para-hydroxylation sites is 1. The van der Waals surface area contributed by atoms with E-state index in [9.17, 15) is 0 Å². The maximum absolute atomic E-state index is 5.81. The molecule has 5 nitrogen and oxygen atoms in total. The van der Waals surface area contributed by atoms with Crippen molar-refractivity contribution in [1.29, 1.82) is 0 Å². The number of hydrogen-bond acceptors (Lipinski definition) is 2. The lowest BCUT2D eigenvalue weighted by atomic mass is 10.3. The summed E-state index contributed by atoms with van der Waals surface area (Å²) in [5, 5.41) is 3.06. The van der Waals surface area contributed by atoms with Crippen LogP contribution >= 0.6 is 0 Å². The number of unbranched alkanes of at least 4 members (excludes halogenated alkanes) is 1. The third-order valence-electron chi connectivity index (χ3n) is 2.71. The molecular weight excluding hydrogens is 238 g/mol. The van der Waals surface area contributed by atoms with Gasteiger partial charge in [0.1, 0.15) is 0 Å². The Morgan fingerprint density at radius 1 is 1.26 bits per heavy atom. The maximum atomic E-state index is 5.81. The summed E-state index contributed by atoms with van der Waals surface area (Å²) in [6.45, 7) is 1.71. The Labute approximate surface area is 113 Å². The number of nitrogens with one attached hydrogen (secondary N) is 1. The lowest BCUT2D eigenvalue weighted by molar-refractivity contribution is 0.615. The number of imidazole rings is 1. The number of aromatic nitrogens is 2. The first-order valence-corrected chi connectivity index (χ1v) is 6.42. The van der Waals surface area contributed by atoms with Crippen LogP contribution in [0, 0.1) is 0 Å². The van der Waals surface area contributed by atoms with Crippen LogP contribution in [-0.4, -0.2) is 22.1 Å². The van der Waals surface area contributed by atoms with Crippen molar-refractivity contribution in [3.63, 3.8) is 0 Å². The minimum Gasteiger partial charge on any atom is -0.370 e. The third kappa shape index (κ3) is 4.83. The van der Waals surface area contributed by atoms with E-state index < -0.39 is 0 Å². The van der Waals surface area contributed by atoms with Crippen molar-refractivity contribution in [2.24, 2.45) is 10.7 Å². The van der Waals surface area contributed by atoms with Crippen LogP contribution in [0.25, 0.3) is 0 Å². The Bertz CT molecular complexity index is 490. The molecule has 0 radical (unpaired) electrons. The zero-order valence-corrected chi connectivity index (χ0v) is 10.9. The molecule has 0 amide bonds. The lowest BCUT2D eigenvalue weighted by Crippen LogP contribution is -2.22. The van der Waals surface area contributed by atoms with Gasteiger partial charge in [-0.2, -0.15) is 0 Å². The Morgan fingerprint density at radius 3 is 2.84 bits per heavy atom. The van der Waals surface area contributed by atoms with E-state index in [0.29, 0.717) is 5.96 Å². The van der Waals surface area contributed by atoms with Crippen LogP contribution in [0.1, 0.15) is 12.8 Å². The van der Waals surface area contributed by atoms with E-state index in [1.54, 1.807) is 6.20 Å². The summed E-state index contributed by atoms with van der Waals surface area (Å²) in [5.41, 5.74) is 6.77. The molecule has 1 aromatic carbocycles. The SMILES string of the molecule is NC(=NCCCCn1ccnc1)Nc1ccccc1. The highest BCUT2D eigenvalue weighted by Crippen LogP contribution is 2.04. The number of rotatable bonds is 6.